The molecule has 3 nitrogen and oxygen atoms in total. The highest BCUT2D eigenvalue weighted by atomic mass is 15.2. The van der Waals surface area contributed by atoms with Crippen molar-refractivity contribution in [1.29, 1.82) is 0 Å². The second kappa shape index (κ2) is 4.72. The molecule has 0 fully saturated rings. The minimum atomic E-state index is 0.331. The van der Waals surface area contributed by atoms with Crippen LogP contribution in [0.4, 0.5) is 0 Å². The zero-order chi connectivity index (χ0) is 21.0. The van der Waals surface area contributed by atoms with E-state index in [2.05, 4.69) is 93.9 Å². The van der Waals surface area contributed by atoms with Gasteiger partial charge in [0.05, 0.1) is 22.1 Å². The van der Waals surface area contributed by atoms with E-state index in [1.54, 1.807) is 0 Å². The average Bonchev–Trinajstić information content (AvgIpc) is 3.51. The van der Waals surface area contributed by atoms with E-state index < -0.39 is 0 Å². The summed E-state index contributed by atoms with van der Waals surface area (Å²) in [4.78, 5) is 5.20. The summed E-state index contributed by atoms with van der Waals surface area (Å²) in [5, 5.41) is 2.64. The van der Waals surface area contributed by atoms with Crippen molar-refractivity contribution in [2.24, 2.45) is 0 Å². The van der Waals surface area contributed by atoms with Gasteiger partial charge in [0.2, 0.25) is 12.5 Å². The van der Waals surface area contributed by atoms with Crippen molar-refractivity contribution < 1.29 is 0 Å². The molecule has 33 heavy (non-hydrogen) atoms. The second-order valence-electron chi connectivity index (χ2n) is 9.57. The van der Waals surface area contributed by atoms with E-state index in [4.69, 9.17) is 4.98 Å². The number of fused-ring (bicyclic) bond motifs is 8. The van der Waals surface area contributed by atoms with Gasteiger partial charge in [-0.15, -0.1) is 0 Å². The molecule has 2 aromatic heterocycles. The average molecular weight is 415 g/mol. The molecule has 5 aromatic carbocycles. The molecular formula is C29H14BN3. The van der Waals surface area contributed by atoms with E-state index in [0.29, 0.717) is 6.71 Å². The number of benzene rings is 5. The zero-order valence-electron chi connectivity index (χ0n) is 17.5. The molecule has 0 saturated carbocycles. The summed E-state index contributed by atoms with van der Waals surface area (Å²) in [7, 11) is 0. The fourth-order valence-corrected chi connectivity index (χ4v) is 7.16. The van der Waals surface area contributed by atoms with E-state index in [9.17, 15) is 0 Å². The number of para-hydroxylation sites is 2. The molecule has 0 unspecified atom stereocenters. The normalized spacial score (nSPS) is 14.0. The molecule has 0 aliphatic carbocycles. The third-order valence-electron chi connectivity index (χ3n) is 8.24. The van der Waals surface area contributed by atoms with Gasteiger partial charge >= 0.3 is 0 Å². The molecule has 0 amide bonds. The van der Waals surface area contributed by atoms with Crippen molar-refractivity contribution in [3.8, 4) is 27.9 Å². The first-order chi connectivity index (χ1) is 16.4. The molecule has 10 rings (SSSR count). The highest BCUT2D eigenvalue weighted by molar-refractivity contribution is 7.04. The lowest BCUT2D eigenvalue weighted by molar-refractivity contribution is 1.07. The molecule has 0 spiro atoms. The van der Waals surface area contributed by atoms with E-state index in [1.165, 1.54) is 66.1 Å². The lowest BCUT2D eigenvalue weighted by Crippen LogP contribution is -2.51. The number of hydrogen-bond acceptors (Lipinski definition) is 1. The van der Waals surface area contributed by atoms with Gasteiger partial charge in [-0.05, 0) is 68.9 Å². The Hall–Kier alpha value is -4.31. The van der Waals surface area contributed by atoms with Crippen LogP contribution in [0.2, 0.25) is 0 Å². The predicted molar refractivity (Wildman–Crippen MR) is 136 cm³/mol. The molecule has 0 radical (unpaired) electrons. The van der Waals surface area contributed by atoms with Gasteiger partial charge in [0, 0.05) is 11.1 Å². The number of imidazole rings is 1. The first-order valence-corrected chi connectivity index (χ1v) is 11.5. The smallest absolute Gasteiger partial charge is 0.249 e. The van der Waals surface area contributed by atoms with Crippen LogP contribution < -0.4 is 16.4 Å². The van der Waals surface area contributed by atoms with Crippen molar-refractivity contribution in [2.45, 2.75) is 0 Å². The lowest BCUT2D eigenvalue weighted by atomic mass is 9.39. The molecule has 148 valence electrons. The summed E-state index contributed by atoms with van der Waals surface area (Å²) in [5.74, 6) is 0.997. The van der Waals surface area contributed by atoms with Gasteiger partial charge < -0.3 is 0 Å². The van der Waals surface area contributed by atoms with E-state index in [-0.39, 0.29) is 0 Å². The topological polar surface area (TPSA) is 22.2 Å². The first-order valence-electron chi connectivity index (χ1n) is 11.5. The van der Waals surface area contributed by atoms with Crippen LogP contribution in [-0.4, -0.2) is 20.7 Å². The number of aromatic nitrogens is 3. The van der Waals surface area contributed by atoms with Gasteiger partial charge in [0.25, 0.3) is 0 Å². The van der Waals surface area contributed by atoms with Crippen molar-refractivity contribution in [3.63, 3.8) is 0 Å². The summed E-state index contributed by atoms with van der Waals surface area (Å²) >= 11 is 0. The third-order valence-corrected chi connectivity index (χ3v) is 8.24. The zero-order valence-corrected chi connectivity index (χ0v) is 17.5. The molecule has 3 aliphatic heterocycles. The summed E-state index contributed by atoms with van der Waals surface area (Å²) < 4.78 is 4.82. The van der Waals surface area contributed by atoms with E-state index in [0.717, 1.165) is 16.8 Å². The molecule has 5 heterocycles. The van der Waals surface area contributed by atoms with Gasteiger partial charge in [-0.25, -0.2) is 4.98 Å². The second-order valence-corrected chi connectivity index (χ2v) is 9.57. The first kappa shape index (κ1) is 15.5. The third kappa shape index (κ3) is 1.44. The van der Waals surface area contributed by atoms with Gasteiger partial charge in [-0.1, -0.05) is 60.1 Å². The minimum Gasteiger partial charge on any atom is -0.281 e. The Morgan fingerprint density at radius 3 is 2.33 bits per heavy atom. The van der Waals surface area contributed by atoms with Crippen molar-refractivity contribution in [2.75, 3.05) is 0 Å². The quantitative estimate of drug-likeness (QED) is 0.337. The van der Waals surface area contributed by atoms with E-state index >= 15 is 0 Å². The minimum absolute atomic E-state index is 0.331. The van der Waals surface area contributed by atoms with Crippen molar-refractivity contribution >= 4 is 61.7 Å². The predicted octanol–water partition coefficient (Wildman–Crippen LogP) is 4.38. The summed E-state index contributed by atoms with van der Waals surface area (Å²) in [6.45, 7) is 0.331. The van der Waals surface area contributed by atoms with Crippen LogP contribution in [0.5, 0.6) is 0 Å². The highest BCUT2D eigenvalue weighted by Gasteiger charge is 2.47. The monoisotopic (exact) mass is 415 g/mol. The van der Waals surface area contributed by atoms with Crippen LogP contribution in [0.15, 0.2) is 84.9 Å². The van der Waals surface area contributed by atoms with Gasteiger partial charge in [0.15, 0.2) is 0 Å². The van der Waals surface area contributed by atoms with E-state index in [1.807, 2.05) is 0 Å². The number of rotatable bonds is 0. The lowest BCUT2D eigenvalue weighted by Gasteiger charge is -2.28. The fourth-order valence-electron chi connectivity index (χ4n) is 7.16. The molecule has 0 saturated heterocycles. The largest absolute Gasteiger partial charge is 0.281 e. The van der Waals surface area contributed by atoms with Crippen LogP contribution in [0.25, 0.3) is 66.6 Å². The van der Waals surface area contributed by atoms with Gasteiger partial charge in [-0.2, -0.15) is 0 Å². The summed E-state index contributed by atoms with van der Waals surface area (Å²) in [5.41, 5.74) is 16.0. The molecular weight excluding hydrogens is 401 g/mol. The van der Waals surface area contributed by atoms with Gasteiger partial charge in [0.1, 0.15) is 0 Å². The number of nitrogens with zero attached hydrogens (tertiary/aromatic N) is 3. The molecule has 4 heteroatoms. The van der Waals surface area contributed by atoms with Crippen LogP contribution in [0, 0.1) is 0 Å². The Morgan fingerprint density at radius 2 is 1.39 bits per heavy atom. The molecule has 0 N–H and O–H groups in total. The standard InChI is InChI=1S/C29H14BN3/c1-2-11-21-20(10-1)31-29-32(21)22-12-3-6-15-14-19-18-8-4-7-16-17-9-5-13-23-26(17)30(25(16)18)27(19)28(24(15)22)33(23)29/h1-14H. The molecule has 3 aliphatic rings. The Bertz CT molecular complexity index is 2090. The SMILES string of the molecule is c1cc2c3c(c1)-c1cc4cccc5c4c4c1B3c1c-2cccc1-n4c1nc2ccccc2n51. The molecule has 0 bridgehead atoms. The maximum Gasteiger partial charge on any atom is 0.249 e. The van der Waals surface area contributed by atoms with Crippen molar-refractivity contribution in [3.05, 3.63) is 84.9 Å². The molecule has 0 atom stereocenters. The summed E-state index contributed by atoms with van der Waals surface area (Å²) in [6, 6.07) is 31.3. The Balaban J connectivity index is 1.63. The van der Waals surface area contributed by atoms with Crippen LogP contribution in [0.1, 0.15) is 0 Å². The maximum atomic E-state index is 5.20. The molecule has 7 aromatic rings. The Kier molecular flexibility index (Phi) is 2.21. The van der Waals surface area contributed by atoms with Crippen molar-refractivity contribution in [1.82, 2.24) is 14.0 Å². The Labute approximate surface area is 188 Å². The maximum absolute atomic E-state index is 5.20. The number of hydrogen-bond donors (Lipinski definition) is 0. The summed E-state index contributed by atoms with van der Waals surface area (Å²) in [6.07, 6.45) is 0. The van der Waals surface area contributed by atoms with Crippen LogP contribution in [0.3, 0.4) is 0 Å². The van der Waals surface area contributed by atoms with Crippen LogP contribution >= 0.6 is 0 Å². The Morgan fingerprint density at radius 1 is 0.636 bits per heavy atom. The highest BCUT2D eigenvalue weighted by Crippen LogP contribution is 2.43. The fraction of sp³-hybridized carbons (Fsp3) is 0. The van der Waals surface area contributed by atoms with Gasteiger partial charge in [-0.3, -0.25) is 8.97 Å². The van der Waals surface area contributed by atoms with Crippen LogP contribution in [-0.2, 0) is 0 Å².